The van der Waals surface area contributed by atoms with Crippen LogP contribution < -0.4 is 5.32 Å². The number of carbonyl (C=O) groups excluding carboxylic acids is 1. The fourth-order valence-electron chi connectivity index (χ4n) is 3.10. The molecule has 1 aliphatic rings. The van der Waals surface area contributed by atoms with Crippen LogP contribution in [0.25, 0.3) is 0 Å². The molecule has 0 aliphatic heterocycles. The van der Waals surface area contributed by atoms with Crippen LogP contribution in [0.5, 0.6) is 0 Å². The largest absolute Gasteiger partial charge is 0.476 e. The van der Waals surface area contributed by atoms with E-state index in [9.17, 15) is 9.59 Å². The van der Waals surface area contributed by atoms with Crippen molar-refractivity contribution >= 4 is 11.9 Å². The van der Waals surface area contributed by atoms with E-state index in [-0.39, 0.29) is 28.8 Å². The molecule has 0 spiro atoms. The Labute approximate surface area is 139 Å². The Balaban J connectivity index is 1.82. The number of rotatable bonds is 3. The highest BCUT2D eigenvalue weighted by molar-refractivity contribution is 5.93. The van der Waals surface area contributed by atoms with Gasteiger partial charge in [-0.25, -0.2) is 14.8 Å². The maximum Gasteiger partial charge on any atom is 0.356 e. The van der Waals surface area contributed by atoms with Crippen LogP contribution in [0, 0.1) is 12.3 Å². The Morgan fingerprint density at radius 1 is 1.29 bits per heavy atom. The zero-order valence-electron chi connectivity index (χ0n) is 13.8. The summed E-state index contributed by atoms with van der Waals surface area (Å²) in [6.45, 7) is 6.16. The second kappa shape index (κ2) is 5.74. The van der Waals surface area contributed by atoms with Crippen LogP contribution in [0.15, 0.2) is 22.9 Å². The molecule has 0 radical (unpaired) electrons. The Morgan fingerprint density at radius 3 is 2.58 bits per heavy atom. The van der Waals surface area contributed by atoms with Crippen LogP contribution in [-0.2, 0) is 6.42 Å². The van der Waals surface area contributed by atoms with Gasteiger partial charge < -0.3 is 14.8 Å². The molecule has 0 fully saturated rings. The minimum atomic E-state index is -1.18. The van der Waals surface area contributed by atoms with Crippen LogP contribution in [-0.4, -0.2) is 27.0 Å². The molecule has 7 heteroatoms. The third-order valence-corrected chi connectivity index (χ3v) is 4.15. The second-order valence-electron chi connectivity index (χ2n) is 6.90. The number of aromatic carboxylic acids is 1. The van der Waals surface area contributed by atoms with E-state index in [1.165, 1.54) is 6.20 Å². The van der Waals surface area contributed by atoms with Gasteiger partial charge in [0, 0.05) is 12.0 Å². The number of nitrogens with zero attached hydrogens (tertiary/aromatic N) is 2. The summed E-state index contributed by atoms with van der Waals surface area (Å²) in [4.78, 5) is 30.8. The van der Waals surface area contributed by atoms with E-state index in [1.54, 1.807) is 0 Å². The number of amides is 1. The second-order valence-corrected chi connectivity index (χ2v) is 6.90. The monoisotopic (exact) mass is 329 g/mol. The normalized spacial score (nSPS) is 18.7. The molecule has 24 heavy (non-hydrogen) atoms. The third kappa shape index (κ3) is 3.15. The molecule has 0 aromatic carbocycles. The van der Waals surface area contributed by atoms with Gasteiger partial charge in [0.2, 0.25) is 0 Å². The van der Waals surface area contributed by atoms with Crippen molar-refractivity contribution in [3.8, 4) is 0 Å². The minimum Gasteiger partial charge on any atom is -0.476 e. The van der Waals surface area contributed by atoms with E-state index in [2.05, 4.69) is 29.1 Å². The molecule has 1 amide bonds. The van der Waals surface area contributed by atoms with Gasteiger partial charge in [-0.3, -0.25) is 4.79 Å². The van der Waals surface area contributed by atoms with Crippen molar-refractivity contribution in [2.45, 2.75) is 39.7 Å². The molecule has 1 aliphatic carbocycles. The lowest BCUT2D eigenvalue weighted by atomic mass is 9.74. The zero-order chi connectivity index (χ0) is 17.5. The first-order chi connectivity index (χ1) is 11.2. The molecule has 0 bridgehead atoms. The number of hydrogen-bond donors (Lipinski definition) is 2. The van der Waals surface area contributed by atoms with E-state index >= 15 is 0 Å². The van der Waals surface area contributed by atoms with Gasteiger partial charge in [0.05, 0.1) is 18.4 Å². The fraction of sp³-hybridized carbons (Fsp3) is 0.412. The minimum absolute atomic E-state index is 0.00802. The Kier molecular flexibility index (Phi) is 3.87. The van der Waals surface area contributed by atoms with Crippen LogP contribution in [0.2, 0.25) is 0 Å². The van der Waals surface area contributed by atoms with Gasteiger partial charge in [-0.15, -0.1) is 0 Å². The number of nitrogens with one attached hydrogen (secondary N) is 1. The first-order valence-corrected chi connectivity index (χ1v) is 7.70. The average molecular weight is 329 g/mol. The number of carboxylic acid groups (broad SMARTS) is 1. The van der Waals surface area contributed by atoms with Crippen LogP contribution in [0.1, 0.15) is 64.4 Å². The van der Waals surface area contributed by atoms with Crippen LogP contribution in [0.4, 0.5) is 0 Å². The van der Waals surface area contributed by atoms with E-state index in [4.69, 9.17) is 9.52 Å². The zero-order valence-corrected chi connectivity index (χ0v) is 13.8. The van der Waals surface area contributed by atoms with Gasteiger partial charge in [0.15, 0.2) is 5.69 Å². The van der Waals surface area contributed by atoms with Crippen molar-refractivity contribution in [1.82, 2.24) is 15.3 Å². The molecule has 2 aromatic heterocycles. The van der Waals surface area contributed by atoms with Crippen molar-refractivity contribution in [3.63, 3.8) is 0 Å². The summed E-state index contributed by atoms with van der Waals surface area (Å²) in [7, 11) is 0. The summed E-state index contributed by atoms with van der Waals surface area (Å²) in [5.74, 6) is 0.165. The molecule has 2 aromatic rings. The van der Waals surface area contributed by atoms with Gasteiger partial charge in [0.25, 0.3) is 5.91 Å². The van der Waals surface area contributed by atoms with Crippen molar-refractivity contribution in [3.05, 3.63) is 46.9 Å². The maximum atomic E-state index is 12.4. The van der Waals surface area contributed by atoms with Gasteiger partial charge in [-0.2, -0.15) is 0 Å². The first kappa shape index (κ1) is 16.2. The predicted molar refractivity (Wildman–Crippen MR) is 84.7 cm³/mol. The topological polar surface area (TPSA) is 105 Å². The van der Waals surface area contributed by atoms with E-state index < -0.39 is 5.97 Å². The van der Waals surface area contributed by atoms with Gasteiger partial charge in [0.1, 0.15) is 17.2 Å². The molecule has 2 N–H and O–H groups in total. The molecule has 1 unspecified atom stereocenters. The lowest BCUT2D eigenvalue weighted by Crippen LogP contribution is -2.36. The summed E-state index contributed by atoms with van der Waals surface area (Å²) in [5.41, 5.74) is 0.896. The summed E-state index contributed by atoms with van der Waals surface area (Å²) in [5, 5.41) is 11.8. The van der Waals surface area contributed by atoms with E-state index in [0.29, 0.717) is 0 Å². The fourth-order valence-corrected chi connectivity index (χ4v) is 3.10. The molecule has 2 heterocycles. The molecule has 7 nitrogen and oxygen atoms in total. The molecular weight excluding hydrogens is 310 g/mol. The summed E-state index contributed by atoms with van der Waals surface area (Å²) in [6.07, 6.45) is 3.87. The lowest BCUT2D eigenvalue weighted by molar-refractivity contribution is 0.0688. The van der Waals surface area contributed by atoms with Gasteiger partial charge in [-0.1, -0.05) is 13.8 Å². The number of fused-ring (bicyclic) bond motifs is 1. The number of furan rings is 1. The lowest BCUT2D eigenvalue weighted by Gasteiger charge is -2.34. The molecule has 126 valence electrons. The SMILES string of the molecule is Cc1cc2c(o1)CC(C)(C)CC2NC(=O)c1cnc(C(=O)O)cn1. The molecule has 0 saturated carbocycles. The Hall–Kier alpha value is -2.70. The third-order valence-electron chi connectivity index (χ3n) is 4.15. The quantitative estimate of drug-likeness (QED) is 0.896. The molecule has 0 saturated heterocycles. The first-order valence-electron chi connectivity index (χ1n) is 7.70. The van der Waals surface area contributed by atoms with Crippen molar-refractivity contribution in [2.75, 3.05) is 0 Å². The van der Waals surface area contributed by atoms with Gasteiger partial charge in [-0.05, 0) is 24.8 Å². The number of carboxylic acids is 1. The smallest absolute Gasteiger partial charge is 0.356 e. The summed E-state index contributed by atoms with van der Waals surface area (Å²) < 4.78 is 5.76. The van der Waals surface area contributed by atoms with Crippen molar-refractivity contribution < 1.29 is 19.1 Å². The average Bonchev–Trinajstić information content (AvgIpc) is 2.86. The molecule has 1 atom stereocenters. The number of hydrogen-bond acceptors (Lipinski definition) is 5. The van der Waals surface area contributed by atoms with Crippen LogP contribution >= 0.6 is 0 Å². The number of carbonyl (C=O) groups is 2. The number of aryl methyl sites for hydroxylation is 1. The maximum absolute atomic E-state index is 12.4. The standard InChI is InChI=1S/C17H19N3O4/c1-9-4-10-11(5-17(2,3)6-14(10)24-9)20-15(21)12-7-19-13(8-18-12)16(22)23/h4,7-8,11H,5-6H2,1-3H3,(H,20,21)(H,22,23). The van der Waals surface area contributed by atoms with Gasteiger partial charge >= 0.3 is 5.97 Å². The van der Waals surface area contributed by atoms with E-state index in [0.717, 1.165) is 36.1 Å². The Bertz CT molecular complexity index is 793. The van der Waals surface area contributed by atoms with Crippen molar-refractivity contribution in [2.24, 2.45) is 5.41 Å². The molecule has 3 rings (SSSR count). The molecular formula is C17H19N3O4. The number of aromatic nitrogens is 2. The van der Waals surface area contributed by atoms with Crippen LogP contribution in [0.3, 0.4) is 0 Å². The van der Waals surface area contributed by atoms with E-state index in [1.807, 2.05) is 13.0 Å². The Morgan fingerprint density at radius 2 is 1.96 bits per heavy atom. The highest BCUT2D eigenvalue weighted by atomic mass is 16.4. The van der Waals surface area contributed by atoms with Crippen molar-refractivity contribution in [1.29, 1.82) is 0 Å². The predicted octanol–water partition coefficient (Wildman–Crippen LogP) is 2.52. The summed E-state index contributed by atoms with van der Waals surface area (Å²) >= 11 is 0. The highest BCUT2D eigenvalue weighted by Gasteiger charge is 2.35. The highest BCUT2D eigenvalue weighted by Crippen LogP contribution is 2.42. The summed E-state index contributed by atoms with van der Waals surface area (Å²) in [6, 6.07) is 1.78.